The number of carbonyl (C=O) groups is 3. The lowest BCUT2D eigenvalue weighted by molar-refractivity contribution is -0.127. The Bertz CT molecular complexity index is 824. The van der Waals surface area contributed by atoms with Crippen LogP contribution in [-0.4, -0.2) is 67.5 Å². The highest BCUT2D eigenvalue weighted by Crippen LogP contribution is 2.36. The molecule has 2 aliphatic rings. The molecule has 0 aliphatic carbocycles. The Hall–Kier alpha value is -2.58. The molecule has 2 heterocycles. The summed E-state index contributed by atoms with van der Waals surface area (Å²) in [7, 11) is 1.57. The molecule has 0 saturated heterocycles. The molecule has 3 rings (SSSR count). The van der Waals surface area contributed by atoms with Crippen molar-refractivity contribution in [3.05, 3.63) is 46.1 Å². The molecule has 1 atom stereocenters. The number of hydrogen-bond donors (Lipinski definition) is 2. The van der Waals surface area contributed by atoms with Gasteiger partial charge in [0, 0.05) is 38.2 Å². The molecule has 1 unspecified atom stereocenters. The standard InChI is InChI=1S/C20H25ClN4O4/c1-3-25-15-12-24(10-8-16(26)22-9-11-29-2)19(27)17(15)18(23-20(25)28)13-4-6-14(21)7-5-13/h4-7,18H,3,8-12H2,1-2H3,(H,22,26)(H,23,28). The third kappa shape index (κ3) is 4.54. The van der Waals surface area contributed by atoms with Crippen LogP contribution in [0.1, 0.15) is 24.9 Å². The highest BCUT2D eigenvalue weighted by molar-refractivity contribution is 6.30. The monoisotopic (exact) mass is 420 g/mol. The lowest BCUT2D eigenvalue weighted by Gasteiger charge is -2.32. The summed E-state index contributed by atoms with van der Waals surface area (Å²) < 4.78 is 4.91. The van der Waals surface area contributed by atoms with Crippen LogP contribution in [0.25, 0.3) is 0 Å². The third-order valence-corrected chi connectivity index (χ3v) is 5.31. The maximum atomic E-state index is 13.1. The Morgan fingerprint density at radius 3 is 2.69 bits per heavy atom. The molecule has 1 aromatic carbocycles. The van der Waals surface area contributed by atoms with Crippen LogP contribution in [0.15, 0.2) is 35.5 Å². The molecule has 156 valence electrons. The fourth-order valence-corrected chi connectivity index (χ4v) is 3.71. The van der Waals surface area contributed by atoms with Crippen LogP contribution in [-0.2, 0) is 14.3 Å². The Morgan fingerprint density at radius 1 is 1.31 bits per heavy atom. The van der Waals surface area contributed by atoms with Crippen molar-refractivity contribution in [2.24, 2.45) is 0 Å². The van der Waals surface area contributed by atoms with Crippen LogP contribution >= 0.6 is 11.6 Å². The van der Waals surface area contributed by atoms with Gasteiger partial charge in [-0.25, -0.2) is 4.79 Å². The molecule has 29 heavy (non-hydrogen) atoms. The van der Waals surface area contributed by atoms with E-state index in [0.717, 1.165) is 5.56 Å². The number of hydrogen-bond acceptors (Lipinski definition) is 4. The van der Waals surface area contributed by atoms with Crippen LogP contribution in [0, 0.1) is 0 Å². The molecule has 2 N–H and O–H groups in total. The van der Waals surface area contributed by atoms with E-state index < -0.39 is 6.04 Å². The molecule has 8 nitrogen and oxygen atoms in total. The number of benzene rings is 1. The molecule has 0 saturated carbocycles. The molecule has 0 spiro atoms. The molecule has 0 radical (unpaired) electrons. The summed E-state index contributed by atoms with van der Waals surface area (Å²) in [6.07, 6.45) is 0.190. The van der Waals surface area contributed by atoms with E-state index in [1.165, 1.54) is 0 Å². The summed E-state index contributed by atoms with van der Waals surface area (Å²) in [4.78, 5) is 40.9. The summed E-state index contributed by atoms with van der Waals surface area (Å²) >= 11 is 5.98. The van der Waals surface area contributed by atoms with E-state index in [2.05, 4.69) is 10.6 Å². The number of urea groups is 1. The number of amides is 4. The third-order valence-electron chi connectivity index (χ3n) is 5.05. The number of nitrogens with one attached hydrogen (secondary N) is 2. The Morgan fingerprint density at radius 2 is 2.03 bits per heavy atom. The van der Waals surface area contributed by atoms with E-state index in [-0.39, 0.29) is 30.8 Å². The van der Waals surface area contributed by atoms with Gasteiger partial charge in [-0.1, -0.05) is 23.7 Å². The van der Waals surface area contributed by atoms with Gasteiger partial charge in [-0.05, 0) is 24.6 Å². The van der Waals surface area contributed by atoms with Crippen LogP contribution < -0.4 is 10.6 Å². The number of methoxy groups -OCH3 is 1. The minimum atomic E-state index is -0.536. The average molecular weight is 421 g/mol. The smallest absolute Gasteiger partial charge is 0.322 e. The molecule has 9 heteroatoms. The van der Waals surface area contributed by atoms with Gasteiger partial charge in [0.1, 0.15) is 0 Å². The van der Waals surface area contributed by atoms with Crippen molar-refractivity contribution in [1.82, 2.24) is 20.4 Å². The van der Waals surface area contributed by atoms with Gasteiger partial charge in [0.25, 0.3) is 5.91 Å². The topological polar surface area (TPSA) is 91.0 Å². The predicted molar refractivity (Wildman–Crippen MR) is 108 cm³/mol. The maximum absolute atomic E-state index is 13.1. The zero-order chi connectivity index (χ0) is 21.0. The minimum Gasteiger partial charge on any atom is -0.383 e. The van der Waals surface area contributed by atoms with E-state index in [1.54, 1.807) is 41.2 Å². The maximum Gasteiger partial charge on any atom is 0.322 e. The number of ether oxygens (including phenoxy) is 1. The second kappa shape index (κ2) is 9.28. The highest BCUT2D eigenvalue weighted by Gasteiger charge is 2.43. The Labute approximate surface area is 174 Å². The number of rotatable bonds is 8. The lowest BCUT2D eigenvalue weighted by atomic mass is 9.95. The average Bonchev–Trinajstić information content (AvgIpc) is 3.03. The molecule has 1 aromatic rings. The predicted octanol–water partition coefficient (Wildman–Crippen LogP) is 1.68. The summed E-state index contributed by atoms with van der Waals surface area (Å²) in [5.74, 6) is -0.307. The SMILES string of the molecule is CCN1C(=O)NC(c2ccc(Cl)cc2)C2=C1CN(CCC(=O)NCCOC)C2=O. The number of nitrogens with zero attached hydrogens (tertiary/aromatic N) is 2. The van der Waals surface area contributed by atoms with Crippen LogP contribution in [0.4, 0.5) is 4.79 Å². The molecule has 4 amide bonds. The van der Waals surface area contributed by atoms with E-state index in [0.29, 0.717) is 42.5 Å². The molecular weight excluding hydrogens is 396 g/mol. The lowest BCUT2D eigenvalue weighted by Crippen LogP contribution is -2.47. The van der Waals surface area contributed by atoms with Gasteiger partial charge in [-0.15, -0.1) is 0 Å². The van der Waals surface area contributed by atoms with Crippen molar-refractivity contribution in [3.63, 3.8) is 0 Å². The van der Waals surface area contributed by atoms with Crippen molar-refractivity contribution in [2.45, 2.75) is 19.4 Å². The van der Waals surface area contributed by atoms with Crippen molar-refractivity contribution in [1.29, 1.82) is 0 Å². The summed E-state index contributed by atoms with van der Waals surface area (Å²) in [6, 6.07) is 6.30. The second-order valence-corrected chi connectivity index (χ2v) is 7.29. The van der Waals surface area contributed by atoms with Crippen molar-refractivity contribution >= 4 is 29.4 Å². The first-order valence-electron chi connectivity index (χ1n) is 9.57. The zero-order valence-corrected chi connectivity index (χ0v) is 17.3. The first-order chi connectivity index (χ1) is 14.0. The van der Waals surface area contributed by atoms with E-state index in [1.807, 2.05) is 6.92 Å². The van der Waals surface area contributed by atoms with Crippen LogP contribution in [0.5, 0.6) is 0 Å². The summed E-state index contributed by atoms with van der Waals surface area (Å²) in [5.41, 5.74) is 2.04. The molecule has 0 bridgehead atoms. The van der Waals surface area contributed by atoms with Gasteiger partial charge in [0.2, 0.25) is 5.91 Å². The summed E-state index contributed by atoms with van der Waals surface area (Å²) in [6.45, 7) is 3.78. The summed E-state index contributed by atoms with van der Waals surface area (Å²) in [5, 5.41) is 6.25. The van der Waals surface area contributed by atoms with Gasteiger partial charge in [0.05, 0.1) is 30.5 Å². The van der Waals surface area contributed by atoms with Gasteiger partial charge >= 0.3 is 6.03 Å². The minimum absolute atomic E-state index is 0.143. The Kier molecular flexibility index (Phi) is 6.76. The van der Waals surface area contributed by atoms with Crippen molar-refractivity contribution in [2.75, 3.05) is 39.9 Å². The number of carbonyl (C=O) groups excluding carboxylic acids is 3. The zero-order valence-electron chi connectivity index (χ0n) is 16.5. The van der Waals surface area contributed by atoms with Crippen molar-refractivity contribution in [3.8, 4) is 0 Å². The quantitative estimate of drug-likeness (QED) is 0.626. The first kappa shape index (κ1) is 21.1. The fourth-order valence-electron chi connectivity index (χ4n) is 3.59. The molecule has 0 aromatic heterocycles. The molecule has 0 fully saturated rings. The van der Waals surface area contributed by atoms with E-state index in [4.69, 9.17) is 16.3 Å². The highest BCUT2D eigenvalue weighted by atomic mass is 35.5. The number of likely N-dealkylation sites (N-methyl/N-ethyl adjacent to an activating group) is 1. The van der Waals surface area contributed by atoms with Crippen LogP contribution in [0.3, 0.4) is 0 Å². The molecular formula is C20H25ClN4O4. The van der Waals surface area contributed by atoms with Gasteiger partial charge < -0.3 is 20.3 Å². The van der Waals surface area contributed by atoms with E-state index in [9.17, 15) is 14.4 Å². The van der Waals surface area contributed by atoms with Gasteiger partial charge in [-0.2, -0.15) is 0 Å². The van der Waals surface area contributed by atoms with Gasteiger partial charge in [0.15, 0.2) is 0 Å². The number of halogens is 1. The van der Waals surface area contributed by atoms with Crippen molar-refractivity contribution < 1.29 is 19.1 Å². The second-order valence-electron chi connectivity index (χ2n) is 6.86. The largest absolute Gasteiger partial charge is 0.383 e. The fraction of sp³-hybridized carbons (Fsp3) is 0.450. The van der Waals surface area contributed by atoms with Gasteiger partial charge in [-0.3, -0.25) is 14.5 Å². The van der Waals surface area contributed by atoms with Crippen LogP contribution in [0.2, 0.25) is 5.02 Å². The molecule has 2 aliphatic heterocycles. The van der Waals surface area contributed by atoms with E-state index >= 15 is 0 Å². The first-order valence-corrected chi connectivity index (χ1v) is 9.95. The Balaban J connectivity index is 1.77. The normalized spacial score (nSPS) is 18.8.